The number of nitrogens with zero attached hydrogens (tertiary/aromatic N) is 4. The highest BCUT2D eigenvalue weighted by Gasteiger charge is 2.22. The van der Waals surface area contributed by atoms with Crippen molar-refractivity contribution in [1.29, 1.82) is 0 Å². The van der Waals surface area contributed by atoms with Crippen molar-refractivity contribution in [3.8, 4) is 0 Å². The van der Waals surface area contributed by atoms with Gasteiger partial charge in [-0.25, -0.2) is 0 Å². The summed E-state index contributed by atoms with van der Waals surface area (Å²) in [4.78, 5) is 11.4. The van der Waals surface area contributed by atoms with E-state index in [4.69, 9.17) is 5.11 Å². The molecule has 0 radical (unpaired) electrons. The molecule has 2 aromatic heterocycles. The second kappa shape index (κ2) is 6.51. The SMILES string of the molecule is O=C(O)CCCCc1nn2c(C3CCCCC3)nnc2s1. The summed E-state index contributed by atoms with van der Waals surface area (Å²) in [6, 6.07) is 0. The van der Waals surface area contributed by atoms with E-state index in [0.29, 0.717) is 12.3 Å². The minimum absolute atomic E-state index is 0.234. The van der Waals surface area contributed by atoms with Crippen LogP contribution in [0.25, 0.3) is 4.96 Å². The summed E-state index contributed by atoms with van der Waals surface area (Å²) in [6.07, 6.45) is 8.85. The Bertz CT molecular complexity index is 616. The van der Waals surface area contributed by atoms with Crippen molar-refractivity contribution in [3.05, 3.63) is 10.8 Å². The van der Waals surface area contributed by atoms with Crippen molar-refractivity contribution >= 4 is 22.3 Å². The van der Waals surface area contributed by atoms with Gasteiger partial charge in [-0.1, -0.05) is 30.6 Å². The van der Waals surface area contributed by atoms with Crippen molar-refractivity contribution in [2.45, 2.75) is 63.7 Å². The molecule has 21 heavy (non-hydrogen) atoms. The Morgan fingerprint density at radius 2 is 2.05 bits per heavy atom. The molecule has 0 aliphatic heterocycles. The molecule has 2 aromatic rings. The smallest absolute Gasteiger partial charge is 0.303 e. The van der Waals surface area contributed by atoms with E-state index in [0.717, 1.165) is 28.6 Å². The molecule has 0 unspecified atom stereocenters. The van der Waals surface area contributed by atoms with Gasteiger partial charge < -0.3 is 5.11 Å². The van der Waals surface area contributed by atoms with E-state index in [1.165, 1.54) is 32.1 Å². The molecule has 1 saturated carbocycles. The van der Waals surface area contributed by atoms with Gasteiger partial charge in [0, 0.05) is 18.8 Å². The van der Waals surface area contributed by atoms with Crippen molar-refractivity contribution in [1.82, 2.24) is 19.8 Å². The van der Waals surface area contributed by atoms with Crippen LogP contribution in [0.1, 0.15) is 68.1 Å². The van der Waals surface area contributed by atoms with E-state index in [1.807, 2.05) is 4.52 Å². The highest BCUT2D eigenvalue weighted by atomic mass is 32.1. The molecule has 2 heterocycles. The van der Waals surface area contributed by atoms with E-state index >= 15 is 0 Å². The zero-order valence-corrected chi connectivity index (χ0v) is 12.8. The number of fused-ring (bicyclic) bond motifs is 1. The molecule has 7 heteroatoms. The van der Waals surface area contributed by atoms with Crippen molar-refractivity contribution in [2.24, 2.45) is 0 Å². The molecule has 1 N–H and O–H groups in total. The van der Waals surface area contributed by atoms with Gasteiger partial charge in [0.1, 0.15) is 5.01 Å². The van der Waals surface area contributed by atoms with Gasteiger partial charge in [-0.05, 0) is 25.7 Å². The molecular formula is C14H20N4O2S. The highest BCUT2D eigenvalue weighted by molar-refractivity contribution is 7.16. The molecule has 114 valence electrons. The van der Waals surface area contributed by atoms with Crippen LogP contribution in [-0.2, 0) is 11.2 Å². The van der Waals surface area contributed by atoms with Gasteiger partial charge in [-0.15, -0.1) is 10.2 Å². The molecule has 1 aliphatic rings. The van der Waals surface area contributed by atoms with Crippen LogP contribution >= 0.6 is 11.3 Å². The van der Waals surface area contributed by atoms with E-state index in [9.17, 15) is 4.79 Å². The van der Waals surface area contributed by atoms with Gasteiger partial charge in [0.05, 0.1) is 0 Å². The van der Waals surface area contributed by atoms with E-state index < -0.39 is 5.97 Å². The van der Waals surface area contributed by atoms with Gasteiger partial charge in [0.25, 0.3) is 0 Å². The normalized spacial score (nSPS) is 16.6. The number of carbonyl (C=O) groups is 1. The number of carboxylic acid groups (broad SMARTS) is 1. The number of aryl methyl sites for hydroxylation is 1. The zero-order valence-electron chi connectivity index (χ0n) is 12.0. The molecule has 0 saturated heterocycles. The van der Waals surface area contributed by atoms with Crippen LogP contribution < -0.4 is 0 Å². The number of unbranched alkanes of at least 4 members (excludes halogenated alkanes) is 1. The van der Waals surface area contributed by atoms with Crippen LogP contribution in [0.15, 0.2) is 0 Å². The highest BCUT2D eigenvalue weighted by Crippen LogP contribution is 2.32. The number of rotatable bonds is 6. The van der Waals surface area contributed by atoms with Crippen molar-refractivity contribution in [2.75, 3.05) is 0 Å². The first-order valence-corrected chi connectivity index (χ1v) is 8.48. The van der Waals surface area contributed by atoms with Gasteiger partial charge in [-0.3, -0.25) is 4.79 Å². The number of hydrogen-bond donors (Lipinski definition) is 1. The van der Waals surface area contributed by atoms with Gasteiger partial charge in [0.2, 0.25) is 4.96 Å². The van der Waals surface area contributed by atoms with Crippen LogP contribution in [0.4, 0.5) is 0 Å². The minimum Gasteiger partial charge on any atom is -0.481 e. The lowest BCUT2D eigenvalue weighted by Gasteiger charge is -2.18. The van der Waals surface area contributed by atoms with Crippen molar-refractivity contribution in [3.63, 3.8) is 0 Å². The Kier molecular flexibility index (Phi) is 4.48. The second-order valence-corrected chi connectivity index (χ2v) is 6.72. The largest absolute Gasteiger partial charge is 0.481 e. The maximum Gasteiger partial charge on any atom is 0.303 e. The summed E-state index contributed by atoms with van der Waals surface area (Å²) in [5.41, 5.74) is 0. The topological polar surface area (TPSA) is 80.4 Å². The fraction of sp³-hybridized carbons (Fsp3) is 0.714. The Labute approximate surface area is 127 Å². The maximum absolute atomic E-state index is 10.5. The third kappa shape index (κ3) is 3.40. The summed E-state index contributed by atoms with van der Waals surface area (Å²) < 4.78 is 1.91. The lowest BCUT2D eigenvalue weighted by atomic mass is 9.89. The number of aromatic nitrogens is 4. The van der Waals surface area contributed by atoms with Crippen LogP contribution in [-0.4, -0.2) is 30.9 Å². The molecule has 1 aliphatic carbocycles. The molecular weight excluding hydrogens is 288 g/mol. The van der Waals surface area contributed by atoms with Crippen LogP contribution in [0.2, 0.25) is 0 Å². The summed E-state index contributed by atoms with van der Waals surface area (Å²) in [6.45, 7) is 0. The van der Waals surface area contributed by atoms with Gasteiger partial charge in [0.15, 0.2) is 5.82 Å². The number of hydrogen-bond acceptors (Lipinski definition) is 5. The lowest BCUT2D eigenvalue weighted by molar-refractivity contribution is -0.137. The molecule has 0 atom stereocenters. The fourth-order valence-electron chi connectivity index (χ4n) is 2.94. The predicted molar refractivity (Wildman–Crippen MR) is 79.7 cm³/mol. The first-order chi connectivity index (χ1) is 10.2. The molecule has 0 amide bonds. The average Bonchev–Trinajstić information content (AvgIpc) is 3.04. The quantitative estimate of drug-likeness (QED) is 0.830. The van der Waals surface area contributed by atoms with E-state index in [-0.39, 0.29) is 6.42 Å². The fourth-order valence-corrected chi connectivity index (χ4v) is 3.82. The van der Waals surface area contributed by atoms with Crippen LogP contribution in [0.3, 0.4) is 0 Å². The Hall–Kier alpha value is -1.50. The zero-order chi connectivity index (χ0) is 14.7. The molecule has 0 spiro atoms. The summed E-state index contributed by atoms with van der Waals surface area (Å²) in [7, 11) is 0. The Morgan fingerprint density at radius 1 is 1.24 bits per heavy atom. The third-order valence-electron chi connectivity index (χ3n) is 4.06. The molecule has 1 fully saturated rings. The third-order valence-corrected chi connectivity index (χ3v) is 5.02. The first kappa shape index (κ1) is 14.4. The average molecular weight is 308 g/mol. The predicted octanol–water partition coefficient (Wildman–Crippen LogP) is 3.03. The van der Waals surface area contributed by atoms with Gasteiger partial charge >= 0.3 is 5.97 Å². The summed E-state index contributed by atoms with van der Waals surface area (Å²) in [5, 5.41) is 22.9. The molecule has 6 nitrogen and oxygen atoms in total. The van der Waals surface area contributed by atoms with Gasteiger partial charge in [-0.2, -0.15) is 9.61 Å². The standard InChI is InChI=1S/C14H20N4O2S/c19-12(20)9-5-4-8-11-17-18-13(15-16-14(18)21-11)10-6-2-1-3-7-10/h10H,1-9H2,(H,19,20). The summed E-state index contributed by atoms with van der Waals surface area (Å²) >= 11 is 1.57. The number of carboxylic acids is 1. The van der Waals surface area contributed by atoms with Crippen molar-refractivity contribution < 1.29 is 9.90 Å². The molecule has 0 bridgehead atoms. The number of aliphatic carboxylic acids is 1. The Balaban J connectivity index is 1.66. The van der Waals surface area contributed by atoms with Crippen LogP contribution in [0.5, 0.6) is 0 Å². The van der Waals surface area contributed by atoms with Crippen LogP contribution in [0, 0.1) is 0 Å². The second-order valence-electron chi connectivity index (χ2n) is 5.68. The molecule has 3 rings (SSSR count). The maximum atomic E-state index is 10.5. The Morgan fingerprint density at radius 3 is 2.81 bits per heavy atom. The summed E-state index contributed by atoms with van der Waals surface area (Å²) in [5.74, 6) is 0.779. The van der Waals surface area contributed by atoms with E-state index in [1.54, 1.807) is 11.3 Å². The monoisotopic (exact) mass is 308 g/mol. The lowest BCUT2D eigenvalue weighted by Crippen LogP contribution is -2.09. The minimum atomic E-state index is -0.729. The van der Waals surface area contributed by atoms with E-state index in [2.05, 4.69) is 15.3 Å². The molecule has 0 aromatic carbocycles. The first-order valence-electron chi connectivity index (χ1n) is 7.67.